The molecule has 0 heterocycles. The summed E-state index contributed by atoms with van der Waals surface area (Å²) < 4.78 is 20.6. The van der Waals surface area contributed by atoms with Gasteiger partial charge in [-0.2, -0.15) is 0 Å². The molecule has 0 fully saturated rings. The molecule has 18 heavy (non-hydrogen) atoms. The van der Waals surface area contributed by atoms with Crippen molar-refractivity contribution >= 4 is 15.9 Å². The molecule has 1 aromatic rings. The average molecular weight is 318 g/mol. The standard InChI is InChI=1S/C14H21BrFNO/c1-5-14(6-2,18-4)13(17-3)11-9-10(15)7-8-12(11)16/h7-9,13,17H,5-6H2,1-4H3. The monoisotopic (exact) mass is 317 g/mol. The third-order valence-corrected chi connectivity index (χ3v) is 4.18. The largest absolute Gasteiger partial charge is 0.376 e. The van der Waals surface area contributed by atoms with Crippen molar-refractivity contribution in [1.29, 1.82) is 0 Å². The molecule has 1 rings (SSSR count). The minimum Gasteiger partial charge on any atom is -0.376 e. The van der Waals surface area contributed by atoms with Crippen LogP contribution in [0.15, 0.2) is 22.7 Å². The summed E-state index contributed by atoms with van der Waals surface area (Å²) in [6, 6.07) is 4.83. The highest BCUT2D eigenvalue weighted by molar-refractivity contribution is 9.10. The topological polar surface area (TPSA) is 21.3 Å². The molecular weight excluding hydrogens is 297 g/mol. The van der Waals surface area contributed by atoms with Crippen molar-refractivity contribution in [2.24, 2.45) is 0 Å². The number of nitrogens with one attached hydrogen (secondary N) is 1. The fourth-order valence-electron chi connectivity index (χ4n) is 2.50. The maximum atomic E-state index is 14.0. The highest BCUT2D eigenvalue weighted by Crippen LogP contribution is 2.36. The first kappa shape index (κ1) is 15.6. The Bertz CT molecular complexity index is 385. The summed E-state index contributed by atoms with van der Waals surface area (Å²) in [4.78, 5) is 0. The Morgan fingerprint density at radius 2 is 2.00 bits per heavy atom. The van der Waals surface area contributed by atoms with Crippen LogP contribution >= 0.6 is 15.9 Å². The van der Waals surface area contributed by atoms with Gasteiger partial charge in [-0.05, 0) is 38.1 Å². The van der Waals surface area contributed by atoms with Crippen LogP contribution in [-0.2, 0) is 4.74 Å². The van der Waals surface area contributed by atoms with Gasteiger partial charge in [0.1, 0.15) is 5.82 Å². The van der Waals surface area contributed by atoms with E-state index in [0.29, 0.717) is 5.56 Å². The fourth-order valence-corrected chi connectivity index (χ4v) is 2.88. The van der Waals surface area contributed by atoms with E-state index in [9.17, 15) is 4.39 Å². The summed E-state index contributed by atoms with van der Waals surface area (Å²) in [6.45, 7) is 4.13. The van der Waals surface area contributed by atoms with Crippen LogP contribution in [0.1, 0.15) is 38.3 Å². The summed E-state index contributed by atoms with van der Waals surface area (Å²) in [5.41, 5.74) is 0.244. The van der Waals surface area contributed by atoms with Crippen molar-refractivity contribution in [2.45, 2.75) is 38.3 Å². The Morgan fingerprint density at radius 3 is 2.44 bits per heavy atom. The molecule has 0 bridgehead atoms. The number of halogens is 2. The maximum Gasteiger partial charge on any atom is 0.128 e. The fraction of sp³-hybridized carbons (Fsp3) is 0.571. The molecular formula is C14H21BrFNO. The Balaban J connectivity index is 3.27. The number of hydrogen-bond acceptors (Lipinski definition) is 2. The molecule has 2 nitrogen and oxygen atoms in total. The van der Waals surface area contributed by atoms with E-state index in [1.54, 1.807) is 13.2 Å². The summed E-state index contributed by atoms with van der Waals surface area (Å²) in [7, 11) is 3.53. The van der Waals surface area contributed by atoms with E-state index in [1.807, 2.05) is 13.1 Å². The van der Waals surface area contributed by atoms with Crippen LogP contribution in [0, 0.1) is 5.82 Å². The Morgan fingerprint density at radius 1 is 1.39 bits per heavy atom. The van der Waals surface area contributed by atoms with Crippen LogP contribution in [0.2, 0.25) is 0 Å². The van der Waals surface area contributed by atoms with Crippen molar-refractivity contribution in [1.82, 2.24) is 5.32 Å². The quantitative estimate of drug-likeness (QED) is 0.854. The molecule has 1 atom stereocenters. The second kappa shape index (κ2) is 6.64. The molecule has 1 aromatic carbocycles. The van der Waals surface area contributed by atoms with Crippen molar-refractivity contribution in [3.05, 3.63) is 34.1 Å². The predicted octanol–water partition coefficient (Wildman–Crippen LogP) is 4.05. The van der Waals surface area contributed by atoms with Crippen LogP contribution in [0.25, 0.3) is 0 Å². The zero-order chi connectivity index (χ0) is 13.8. The van der Waals surface area contributed by atoms with Gasteiger partial charge in [0.05, 0.1) is 11.6 Å². The third kappa shape index (κ3) is 2.92. The van der Waals surface area contributed by atoms with E-state index in [0.717, 1.165) is 17.3 Å². The highest BCUT2D eigenvalue weighted by atomic mass is 79.9. The van der Waals surface area contributed by atoms with E-state index in [2.05, 4.69) is 35.1 Å². The Kier molecular flexibility index (Phi) is 5.76. The van der Waals surface area contributed by atoms with Gasteiger partial charge in [-0.1, -0.05) is 29.8 Å². The molecule has 0 aliphatic rings. The van der Waals surface area contributed by atoms with Gasteiger partial charge in [-0.3, -0.25) is 0 Å². The zero-order valence-corrected chi connectivity index (χ0v) is 13.0. The number of methoxy groups -OCH3 is 1. The number of likely N-dealkylation sites (N-methyl/N-ethyl adjacent to an activating group) is 1. The Hall–Kier alpha value is -0.450. The van der Waals surface area contributed by atoms with Gasteiger partial charge in [0.15, 0.2) is 0 Å². The molecule has 102 valence electrons. The van der Waals surface area contributed by atoms with Crippen molar-refractivity contribution in [3.8, 4) is 0 Å². The highest BCUT2D eigenvalue weighted by Gasteiger charge is 2.37. The number of ether oxygens (including phenoxy) is 1. The second-order valence-corrected chi connectivity index (χ2v) is 5.28. The molecule has 0 spiro atoms. The normalized spacial score (nSPS) is 13.7. The molecule has 1 unspecified atom stereocenters. The van der Waals surface area contributed by atoms with E-state index in [-0.39, 0.29) is 11.9 Å². The summed E-state index contributed by atoms with van der Waals surface area (Å²) in [5.74, 6) is -0.208. The van der Waals surface area contributed by atoms with Gasteiger partial charge < -0.3 is 10.1 Å². The van der Waals surface area contributed by atoms with Crippen LogP contribution in [-0.4, -0.2) is 19.8 Å². The number of benzene rings is 1. The lowest BCUT2D eigenvalue weighted by Gasteiger charge is -2.38. The molecule has 0 saturated carbocycles. The van der Waals surface area contributed by atoms with E-state index < -0.39 is 5.60 Å². The number of rotatable bonds is 6. The van der Waals surface area contributed by atoms with Crippen LogP contribution in [0.4, 0.5) is 4.39 Å². The molecule has 0 amide bonds. The SMILES string of the molecule is CCC(CC)(OC)C(NC)c1cc(Br)ccc1F. The summed E-state index contributed by atoms with van der Waals surface area (Å²) in [6.07, 6.45) is 1.63. The van der Waals surface area contributed by atoms with E-state index >= 15 is 0 Å². The molecule has 0 aliphatic carbocycles. The molecule has 4 heteroatoms. The van der Waals surface area contributed by atoms with Crippen LogP contribution in [0.5, 0.6) is 0 Å². The van der Waals surface area contributed by atoms with E-state index in [1.165, 1.54) is 6.07 Å². The first-order valence-corrected chi connectivity index (χ1v) is 7.01. The zero-order valence-electron chi connectivity index (χ0n) is 11.4. The molecule has 1 N–H and O–H groups in total. The summed E-state index contributed by atoms with van der Waals surface area (Å²) >= 11 is 3.39. The van der Waals surface area contributed by atoms with Crippen molar-refractivity contribution < 1.29 is 9.13 Å². The first-order valence-electron chi connectivity index (χ1n) is 6.22. The van der Waals surface area contributed by atoms with E-state index in [4.69, 9.17) is 4.74 Å². The van der Waals surface area contributed by atoms with Gasteiger partial charge >= 0.3 is 0 Å². The van der Waals surface area contributed by atoms with Gasteiger partial charge in [0.25, 0.3) is 0 Å². The van der Waals surface area contributed by atoms with Crippen molar-refractivity contribution in [3.63, 3.8) is 0 Å². The number of hydrogen-bond donors (Lipinski definition) is 1. The van der Waals surface area contributed by atoms with Gasteiger partial charge in [0.2, 0.25) is 0 Å². The first-order chi connectivity index (χ1) is 8.54. The Labute approximate surface area is 117 Å². The molecule has 0 radical (unpaired) electrons. The summed E-state index contributed by atoms with van der Waals surface area (Å²) in [5, 5.41) is 3.19. The smallest absolute Gasteiger partial charge is 0.128 e. The lowest BCUT2D eigenvalue weighted by atomic mass is 9.83. The van der Waals surface area contributed by atoms with Gasteiger partial charge in [-0.15, -0.1) is 0 Å². The minimum absolute atomic E-state index is 0.171. The van der Waals surface area contributed by atoms with Gasteiger partial charge in [0, 0.05) is 17.1 Å². The molecule has 0 saturated heterocycles. The predicted molar refractivity (Wildman–Crippen MR) is 76.2 cm³/mol. The van der Waals surface area contributed by atoms with Crippen LogP contribution in [0.3, 0.4) is 0 Å². The minimum atomic E-state index is -0.392. The lowest BCUT2D eigenvalue weighted by Crippen LogP contribution is -2.44. The van der Waals surface area contributed by atoms with Crippen molar-refractivity contribution in [2.75, 3.05) is 14.2 Å². The maximum absolute atomic E-state index is 14.0. The molecule has 0 aliphatic heterocycles. The second-order valence-electron chi connectivity index (χ2n) is 4.36. The average Bonchev–Trinajstić information content (AvgIpc) is 2.39. The molecule has 0 aromatic heterocycles. The third-order valence-electron chi connectivity index (χ3n) is 3.69. The van der Waals surface area contributed by atoms with Gasteiger partial charge in [-0.25, -0.2) is 4.39 Å². The lowest BCUT2D eigenvalue weighted by molar-refractivity contribution is -0.0476. The van der Waals surface area contributed by atoms with Crippen LogP contribution < -0.4 is 5.32 Å².